The molecular formula is C19H21FN2O6. The van der Waals surface area contributed by atoms with Gasteiger partial charge in [0.25, 0.3) is 5.69 Å². The first kappa shape index (κ1) is 21.1. The lowest BCUT2D eigenvalue weighted by Gasteiger charge is -2.30. The SMILES string of the molecule is CCC(C)OC(=O)C1=C(C)NC(CF)=C(C(=O)O)C1c1cccc([N+](=O)[O-])c1. The zero-order valence-corrected chi connectivity index (χ0v) is 15.7. The van der Waals surface area contributed by atoms with Gasteiger partial charge < -0.3 is 15.2 Å². The molecule has 0 fully saturated rings. The molecule has 28 heavy (non-hydrogen) atoms. The predicted molar refractivity (Wildman–Crippen MR) is 98.2 cm³/mol. The molecule has 1 aliphatic rings. The standard InChI is InChI=1S/C19H21FN2O6/c1-4-10(2)28-19(25)15-11(3)21-14(9-20)17(18(23)24)16(15)12-6-5-7-13(8-12)22(26)27/h5-8,10,16,21H,4,9H2,1-3H3,(H,23,24). The molecule has 150 valence electrons. The van der Waals surface area contributed by atoms with E-state index in [4.69, 9.17) is 4.74 Å². The van der Waals surface area contributed by atoms with Gasteiger partial charge in [-0.05, 0) is 25.8 Å². The molecule has 1 aliphatic heterocycles. The predicted octanol–water partition coefficient (Wildman–Crippen LogP) is 3.21. The van der Waals surface area contributed by atoms with Crippen molar-refractivity contribution in [1.29, 1.82) is 0 Å². The van der Waals surface area contributed by atoms with E-state index in [2.05, 4.69) is 5.32 Å². The van der Waals surface area contributed by atoms with Gasteiger partial charge in [-0.2, -0.15) is 0 Å². The zero-order chi connectivity index (χ0) is 21.0. The van der Waals surface area contributed by atoms with Crippen molar-refractivity contribution in [2.45, 2.75) is 39.2 Å². The molecule has 1 heterocycles. The van der Waals surface area contributed by atoms with Gasteiger partial charge in [-0.1, -0.05) is 19.1 Å². The second-order valence-corrected chi connectivity index (χ2v) is 6.40. The van der Waals surface area contributed by atoms with E-state index in [0.29, 0.717) is 6.42 Å². The lowest BCUT2D eigenvalue weighted by Crippen LogP contribution is -2.34. The average Bonchev–Trinajstić information content (AvgIpc) is 2.66. The number of hydrogen-bond acceptors (Lipinski definition) is 6. The van der Waals surface area contributed by atoms with Crippen LogP contribution in [0.4, 0.5) is 10.1 Å². The molecule has 9 heteroatoms. The van der Waals surface area contributed by atoms with Crippen LogP contribution in [0.5, 0.6) is 0 Å². The van der Waals surface area contributed by atoms with Crippen molar-refractivity contribution in [3.8, 4) is 0 Å². The number of carbonyl (C=O) groups excluding carboxylic acids is 1. The number of nitrogens with one attached hydrogen (secondary N) is 1. The third kappa shape index (κ3) is 4.19. The number of carbonyl (C=O) groups is 2. The van der Waals surface area contributed by atoms with Crippen LogP contribution in [0, 0.1) is 10.1 Å². The van der Waals surface area contributed by atoms with Crippen molar-refractivity contribution in [2.75, 3.05) is 6.67 Å². The van der Waals surface area contributed by atoms with Gasteiger partial charge in [0.2, 0.25) is 0 Å². The number of non-ortho nitro benzene ring substituents is 1. The fraction of sp³-hybridized carbons (Fsp3) is 0.368. The number of esters is 1. The molecule has 0 saturated carbocycles. The Morgan fingerprint density at radius 2 is 2.07 bits per heavy atom. The highest BCUT2D eigenvalue weighted by molar-refractivity contribution is 5.99. The monoisotopic (exact) mass is 392 g/mol. The Labute approximate surface area is 160 Å². The highest BCUT2D eigenvalue weighted by Crippen LogP contribution is 2.40. The molecule has 0 amide bonds. The zero-order valence-electron chi connectivity index (χ0n) is 15.7. The van der Waals surface area contributed by atoms with Crippen molar-refractivity contribution in [3.05, 3.63) is 62.5 Å². The van der Waals surface area contributed by atoms with Crippen LogP contribution in [0.25, 0.3) is 0 Å². The molecule has 0 saturated heterocycles. The van der Waals surface area contributed by atoms with E-state index in [1.807, 2.05) is 6.92 Å². The molecule has 0 spiro atoms. The Morgan fingerprint density at radius 1 is 1.39 bits per heavy atom. The van der Waals surface area contributed by atoms with Gasteiger partial charge in [-0.15, -0.1) is 0 Å². The highest BCUT2D eigenvalue weighted by atomic mass is 19.1. The Bertz CT molecular complexity index is 877. The van der Waals surface area contributed by atoms with Crippen molar-refractivity contribution in [1.82, 2.24) is 5.32 Å². The largest absolute Gasteiger partial charge is 0.478 e. The number of ether oxygens (including phenoxy) is 1. The summed E-state index contributed by atoms with van der Waals surface area (Å²) >= 11 is 0. The summed E-state index contributed by atoms with van der Waals surface area (Å²) in [5.74, 6) is -3.40. The van der Waals surface area contributed by atoms with Gasteiger partial charge in [0.15, 0.2) is 0 Å². The number of nitro benzene ring substituents is 1. The fourth-order valence-electron chi connectivity index (χ4n) is 3.01. The summed E-state index contributed by atoms with van der Waals surface area (Å²) in [4.78, 5) is 35.2. The average molecular weight is 392 g/mol. The number of benzene rings is 1. The smallest absolute Gasteiger partial charge is 0.337 e. The van der Waals surface area contributed by atoms with E-state index in [0.717, 1.165) is 0 Å². The summed E-state index contributed by atoms with van der Waals surface area (Å²) in [6.07, 6.45) is 0.128. The third-order valence-corrected chi connectivity index (χ3v) is 4.53. The number of allylic oxidation sites excluding steroid dienone is 2. The van der Waals surface area contributed by atoms with E-state index >= 15 is 0 Å². The van der Waals surface area contributed by atoms with Crippen LogP contribution < -0.4 is 5.32 Å². The fourth-order valence-corrected chi connectivity index (χ4v) is 3.01. The molecule has 2 rings (SSSR count). The number of nitrogens with zero attached hydrogens (tertiary/aromatic N) is 1. The number of nitro groups is 1. The Kier molecular flexibility index (Phi) is 6.50. The maximum atomic E-state index is 13.5. The first-order chi connectivity index (χ1) is 13.2. The molecule has 2 N–H and O–H groups in total. The second-order valence-electron chi connectivity index (χ2n) is 6.40. The number of halogens is 1. The molecule has 1 aromatic rings. The van der Waals surface area contributed by atoms with E-state index in [1.165, 1.54) is 31.2 Å². The second kappa shape index (κ2) is 8.64. The summed E-state index contributed by atoms with van der Waals surface area (Å²) in [5.41, 5.74) is -0.450. The summed E-state index contributed by atoms with van der Waals surface area (Å²) in [7, 11) is 0. The van der Waals surface area contributed by atoms with E-state index < -0.39 is 35.6 Å². The molecule has 1 aromatic carbocycles. The number of alkyl halides is 1. The van der Waals surface area contributed by atoms with Crippen LogP contribution >= 0.6 is 0 Å². The minimum Gasteiger partial charge on any atom is -0.478 e. The van der Waals surface area contributed by atoms with E-state index in [9.17, 15) is 29.2 Å². The first-order valence-electron chi connectivity index (χ1n) is 8.66. The normalized spacial score (nSPS) is 17.8. The van der Waals surface area contributed by atoms with Gasteiger partial charge in [-0.25, -0.2) is 14.0 Å². The highest BCUT2D eigenvalue weighted by Gasteiger charge is 2.39. The quantitative estimate of drug-likeness (QED) is 0.415. The van der Waals surface area contributed by atoms with Crippen molar-refractivity contribution < 1.29 is 28.7 Å². The number of rotatable bonds is 7. The van der Waals surface area contributed by atoms with Crippen molar-refractivity contribution in [2.24, 2.45) is 0 Å². The van der Waals surface area contributed by atoms with E-state index in [-0.39, 0.29) is 33.8 Å². The Balaban J connectivity index is 2.68. The molecule has 0 aliphatic carbocycles. The van der Waals surface area contributed by atoms with Gasteiger partial charge in [0.1, 0.15) is 6.67 Å². The minimum atomic E-state index is -1.43. The summed E-state index contributed by atoms with van der Waals surface area (Å²) in [6, 6.07) is 5.28. The van der Waals surface area contributed by atoms with Crippen LogP contribution in [-0.2, 0) is 14.3 Å². The van der Waals surface area contributed by atoms with Gasteiger partial charge in [-0.3, -0.25) is 10.1 Å². The topological polar surface area (TPSA) is 119 Å². The molecule has 8 nitrogen and oxygen atoms in total. The molecular weight excluding hydrogens is 371 g/mol. The number of carboxylic acid groups (broad SMARTS) is 1. The summed E-state index contributed by atoms with van der Waals surface area (Å²) < 4.78 is 18.9. The van der Waals surface area contributed by atoms with Crippen molar-refractivity contribution in [3.63, 3.8) is 0 Å². The number of aliphatic carboxylic acids is 1. The first-order valence-corrected chi connectivity index (χ1v) is 8.66. The maximum absolute atomic E-state index is 13.5. The third-order valence-electron chi connectivity index (χ3n) is 4.53. The Morgan fingerprint density at radius 3 is 2.61 bits per heavy atom. The van der Waals surface area contributed by atoms with Crippen molar-refractivity contribution >= 4 is 17.6 Å². The lowest BCUT2D eigenvalue weighted by atomic mass is 9.80. The number of hydrogen-bond donors (Lipinski definition) is 2. The van der Waals surface area contributed by atoms with Crippen LogP contribution in [0.2, 0.25) is 0 Å². The minimum absolute atomic E-state index is 0.0182. The number of dihydropyridines is 1. The van der Waals surface area contributed by atoms with Gasteiger partial charge >= 0.3 is 11.9 Å². The lowest BCUT2D eigenvalue weighted by molar-refractivity contribution is -0.384. The Hall–Kier alpha value is -3.23. The van der Waals surface area contributed by atoms with E-state index in [1.54, 1.807) is 6.92 Å². The van der Waals surface area contributed by atoms with Crippen LogP contribution in [0.15, 0.2) is 46.8 Å². The molecule has 2 atom stereocenters. The maximum Gasteiger partial charge on any atom is 0.337 e. The molecule has 0 bridgehead atoms. The summed E-state index contributed by atoms with van der Waals surface area (Å²) in [6.45, 7) is 3.91. The number of carboxylic acids is 1. The van der Waals surface area contributed by atoms with Gasteiger partial charge in [0, 0.05) is 17.8 Å². The molecule has 0 aromatic heterocycles. The molecule has 0 radical (unpaired) electrons. The van der Waals surface area contributed by atoms with Crippen LogP contribution in [-0.4, -0.2) is 34.7 Å². The molecule has 2 unspecified atom stereocenters. The van der Waals surface area contributed by atoms with Gasteiger partial charge in [0.05, 0.1) is 33.8 Å². The van der Waals surface area contributed by atoms with Crippen LogP contribution in [0.3, 0.4) is 0 Å². The summed E-state index contributed by atoms with van der Waals surface area (Å²) in [5, 5.41) is 23.5. The van der Waals surface area contributed by atoms with Crippen LogP contribution in [0.1, 0.15) is 38.7 Å².